The van der Waals surface area contributed by atoms with Crippen LogP contribution in [0.2, 0.25) is 0 Å². The van der Waals surface area contributed by atoms with Gasteiger partial charge in [-0.3, -0.25) is 14.5 Å². The predicted molar refractivity (Wildman–Crippen MR) is 123 cm³/mol. The van der Waals surface area contributed by atoms with E-state index in [2.05, 4.69) is 0 Å². The molecule has 1 fully saturated rings. The molecule has 4 amide bonds. The lowest BCUT2D eigenvalue weighted by Gasteiger charge is -2.27. The lowest BCUT2D eigenvalue weighted by molar-refractivity contribution is -0.132. The van der Waals surface area contributed by atoms with E-state index < -0.39 is 23.3 Å². The second-order valence-corrected chi connectivity index (χ2v) is 8.59. The number of carbonyl (C=O) groups excluding carboxylic acids is 3. The highest BCUT2D eigenvalue weighted by atomic mass is 19.1. The van der Waals surface area contributed by atoms with Crippen molar-refractivity contribution >= 4 is 17.8 Å². The molecule has 4 rings (SSSR count). The van der Waals surface area contributed by atoms with Gasteiger partial charge >= 0.3 is 6.03 Å². The molecule has 0 saturated carbocycles. The molecule has 174 valence electrons. The molecule has 0 aliphatic carbocycles. The monoisotopic (exact) mass is 461 g/mol. The largest absolute Gasteiger partial charge is 0.457 e. The molecule has 1 aliphatic rings. The van der Waals surface area contributed by atoms with Crippen molar-refractivity contribution in [2.75, 3.05) is 0 Å². The Balaban J connectivity index is 1.47. The number of primary amides is 1. The van der Waals surface area contributed by atoms with Crippen molar-refractivity contribution in [2.45, 2.75) is 32.5 Å². The molecule has 7 nitrogen and oxygen atoms in total. The van der Waals surface area contributed by atoms with Crippen LogP contribution in [-0.4, -0.2) is 33.2 Å². The summed E-state index contributed by atoms with van der Waals surface area (Å²) in [5.41, 5.74) is 5.95. The first kappa shape index (κ1) is 23.0. The van der Waals surface area contributed by atoms with Crippen LogP contribution in [0.1, 0.15) is 35.3 Å². The zero-order valence-corrected chi connectivity index (χ0v) is 18.8. The highest BCUT2D eigenvalue weighted by Gasteiger charge is 2.50. The standard InChI is InChI=1S/C26H24FN3O4/c1-26(2)24(32)29(15-18-5-3-7-20(27)13-18)25(33)30(26)16-17-9-11-21(12-10-17)34-22-8-4-6-19(14-22)23(28)31/h3-14H,15-16H2,1-2H3,(H2,28,31). The molecule has 0 aromatic heterocycles. The number of amides is 4. The fourth-order valence-electron chi connectivity index (χ4n) is 3.83. The first-order valence-electron chi connectivity index (χ1n) is 10.7. The van der Waals surface area contributed by atoms with E-state index in [0.29, 0.717) is 22.6 Å². The van der Waals surface area contributed by atoms with Gasteiger partial charge in [-0.1, -0.05) is 30.3 Å². The molecule has 0 atom stereocenters. The van der Waals surface area contributed by atoms with Gasteiger partial charge in [0.15, 0.2) is 0 Å². The molecule has 2 N–H and O–H groups in total. The van der Waals surface area contributed by atoms with Gasteiger partial charge in [0.1, 0.15) is 22.9 Å². The van der Waals surface area contributed by atoms with E-state index in [0.717, 1.165) is 10.5 Å². The van der Waals surface area contributed by atoms with Crippen molar-refractivity contribution in [1.82, 2.24) is 9.80 Å². The molecule has 3 aromatic carbocycles. The Morgan fingerprint density at radius 3 is 2.29 bits per heavy atom. The zero-order chi connectivity index (χ0) is 24.5. The summed E-state index contributed by atoms with van der Waals surface area (Å²) in [7, 11) is 0. The Bertz CT molecular complexity index is 1260. The quantitative estimate of drug-likeness (QED) is 0.526. The van der Waals surface area contributed by atoms with Crippen LogP contribution >= 0.6 is 0 Å². The van der Waals surface area contributed by atoms with Crippen LogP contribution in [0, 0.1) is 5.82 Å². The van der Waals surface area contributed by atoms with Crippen LogP contribution in [0.15, 0.2) is 72.8 Å². The van der Waals surface area contributed by atoms with Crippen molar-refractivity contribution in [2.24, 2.45) is 5.73 Å². The van der Waals surface area contributed by atoms with Crippen LogP contribution in [0.5, 0.6) is 11.5 Å². The minimum Gasteiger partial charge on any atom is -0.457 e. The third-order valence-electron chi connectivity index (χ3n) is 5.75. The van der Waals surface area contributed by atoms with E-state index in [1.165, 1.54) is 17.0 Å². The van der Waals surface area contributed by atoms with Gasteiger partial charge in [0.05, 0.1) is 6.54 Å². The molecular formula is C26H24FN3O4. The number of urea groups is 1. The van der Waals surface area contributed by atoms with Gasteiger partial charge < -0.3 is 15.4 Å². The van der Waals surface area contributed by atoms with E-state index in [1.54, 1.807) is 74.5 Å². The summed E-state index contributed by atoms with van der Waals surface area (Å²) in [6, 6.07) is 19.1. The predicted octanol–water partition coefficient (Wildman–Crippen LogP) is 4.46. The molecule has 1 heterocycles. The molecule has 0 bridgehead atoms. The summed E-state index contributed by atoms with van der Waals surface area (Å²) in [5.74, 6) is -0.285. The summed E-state index contributed by atoms with van der Waals surface area (Å²) in [5, 5.41) is 0. The van der Waals surface area contributed by atoms with Gasteiger partial charge in [-0.15, -0.1) is 0 Å². The Hall–Kier alpha value is -4.20. The average molecular weight is 461 g/mol. The number of rotatable bonds is 7. The Kier molecular flexibility index (Phi) is 6.06. The van der Waals surface area contributed by atoms with Crippen molar-refractivity contribution in [1.29, 1.82) is 0 Å². The number of imide groups is 1. The van der Waals surface area contributed by atoms with Crippen LogP contribution in [0.3, 0.4) is 0 Å². The van der Waals surface area contributed by atoms with Gasteiger partial charge in [0.25, 0.3) is 5.91 Å². The maximum atomic E-state index is 13.5. The molecular weight excluding hydrogens is 437 g/mol. The van der Waals surface area contributed by atoms with Crippen LogP contribution in [0.4, 0.5) is 9.18 Å². The lowest BCUT2D eigenvalue weighted by atomic mass is 10.0. The van der Waals surface area contributed by atoms with E-state index in [1.807, 2.05) is 0 Å². The molecule has 0 unspecified atom stereocenters. The second kappa shape index (κ2) is 8.97. The smallest absolute Gasteiger partial charge is 0.328 e. The Morgan fingerprint density at radius 1 is 0.912 bits per heavy atom. The minimum absolute atomic E-state index is 0.00645. The van der Waals surface area contributed by atoms with Gasteiger partial charge in [0, 0.05) is 12.1 Å². The Labute approximate surface area is 196 Å². The molecule has 1 aliphatic heterocycles. The number of nitrogens with two attached hydrogens (primary N) is 1. The Morgan fingerprint density at radius 2 is 1.62 bits per heavy atom. The summed E-state index contributed by atoms with van der Waals surface area (Å²) in [4.78, 5) is 40.1. The molecule has 0 radical (unpaired) electrons. The summed E-state index contributed by atoms with van der Waals surface area (Å²) >= 11 is 0. The van der Waals surface area contributed by atoms with Gasteiger partial charge in [-0.25, -0.2) is 9.18 Å². The van der Waals surface area contributed by atoms with Crippen molar-refractivity contribution in [3.8, 4) is 11.5 Å². The second-order valence-electron chi connectivity index (χ2n) is 8.59. The third kappa shape index (κ3) is 4.61. The normalized spacial score (nSPS) is 15.0. The highest BCUT2D eigenvalue weighted by Crippen LogP contribution is 2.31. The zero-order valence-electron chi connectivity index (χ0n) is 18.8. The topological polar surface area (TPSA) is 92.9 Å². The lowest BCUT2D eigenvalue weighted by Crippen LogP contribution is -2.43. The molecule has 0 spiro atoms. The van der Waals surface area contributed by atoms with Crippen molar-refractivity contribution in [3.05, 3.63) is 95.3 Å². The van der Waals surface area contributed by atoms with E-state index >= 15 is 0 Å². The van der Waals surface area contributed by atoms with Crippen molar-refractivity contribution in [3.63, 3.8) is 0 Å². The number of ether oxygens (including phenoxy) is 1. The highest BCUT2D eigenvalue weighted by molar-refractivity contribution is 6.06. The van der Waals surface area contributed by atoms with Crippen LogP contribution in [0.25, 0.3) is 0 Å². The summed E-state index contributed by atoms with van der Waals surface area (Å²) in [6.45, 7) is 3.62. The first-order valence-corrected chi connectivity index (χ1v) is 10.7. The SMILES string of the molecule is CC1(C)C(=O)N(Cc2cccc(F)c2)C(=O)N1Cc1ccc(Oc2cccc(C(N)=O)c2)cc1. The maximum absolute atomic E-state index is 13.5. The van der Waals surface area contributed by atoms with Crippen molar-refractivity contribution < 1.29 is 23.5 Å². The average Bonchev–Trinajstić information content (AvgIpc) is 2.95. The molecule has 34 heavy (non-hydrogen) atoms. The summed E-state index contributed by atoms with van der Waals surface area (Å²) < 4.78 is 19.3. The molecule has 1 saturated heterocycles. The van der Waals surface area contributed by atoms with E-state index in [-0.39, 0.29) is 19.0 Å². The minimum atomic E-state index is -1.05. The number of benzene rings is 3. The van der Waals surface area contributed by atoms with Gasteiger partial charge in [-0.05, 0) is 67.4 Å². The third-order valence-corrected chi connectivity index (χ3v) is 5.75. The number of carbonyl (C=O) groups is 3. The van der Waals surface area contributed by atoms with E-state index in [9.17, 15) is 18.8 Å². The molecule has 8 heteroatoms. The van der Waals surface area contributed by atoms with E-state index in [4.69, 9.17) is 10.5 Å². The first-order chi connectivity index (χ1) is 16.1. The van der Waals surface area contributed by atoms with Crippen LogP contribution < -0.4 is 10.5 Å². The fourth-order valence-corrected chi connectivity index (χ4v) is 3.83. The number of hydrogen-bond acceptors (Lipinski definition) is 4. The number of halogens is 1. The number of nitrogens with zero attached hydrogens (tertiary/aromatic N) is 2. The molecule has 3 aromatic rings. The number of hydrogen-bond donors (Lipinski definition) is 1. The summed E-state index contributed by atoms with van der Waals surface area (Å²) in [6.07, 6.45) is 0. The van der Waals surface area contributed by atoms with Gasteiger partial charge in [-0.2, -0.15) is 0 Å². The maximum Gasteiger partial charge on any atom is 0.328 e. The fraction of sp³-hybridized carbons (Fsp3) is 0.192. The van der Waals surface area contributed by atoms with Gasteiger partial charge in [0.2, 0.25) is 5.91 Å². The van der Waals surface area contributed by atoms with Crippen LogP contribution in [-0.2, 0) is 17.9 Å².